The molecule has 2 heterocycles. The van der Waals surface area contributed by atoms with E-state index in [1.807, 2.05) is 6.33 Å². The van der Waals surface area contributed by atoms with Crippen LogP contribution in [0.5, 0.6) is 0 Å². The molecule has 0 aromatic carbocycles. The molecule has 2 aromatic heterocycles. The topological polar surface area (TPSA) is 55.6 Å². The maximum absolute atomic E-state index is 6.04. The summed E-state index contributed by atoms with van der Waals surface area (Å²) in [6.45, 7) is 2.98. The summed E-state index contributed by atoms with van der Waals surface area (Å²) in [5, 5.41) is 3.55. The fourth-order valence-corrected chi connectivity index (χ4v) is 2.87. The van der Waals surface area contributed by atoms with Crippen LogP contribution in [0.15, 0.2) is 6.33 Å². The monoisotopic (exact) mass is 279 g/mol. The lowest BCUT2D eigenvalue weighted by atomic mass is 10.2. The van der Waals surface area contributed by atoms with Gasteiger partial charge in [-0.15, -0.1) is 0 Å². The fourth-order valence-electron chi connectivity index (χ4n) is 2.71. The average molecular weight is 280 g/mol. The number of nitrogens with one attached hydrogen (secondary N) is 1. The zero-order chi connectivity index (χ0) is 13.2. The van der Waals surface area contributed by atoms with Gasteiger partial charge in [0, 0.05) is 12.6 Å². The molecule has 1 N–H and O–H groups in total. The third-order valence-corrected chi connectivity index (χ3v) is 3.82. The van der Waals surface area contributed by atoms with Crippen LogP contribution < -0.4 is 5.32 Å². The summed E-state index contributed by atoms with van der Waals surface area (Å²) < 4.78 is 2.16. The molecule has 5 nitrogen and oxygen atoms in total. The predicted octanol–water partition coefficient (Wildman–Crippen LogP) is 3.42. The zero-order valence-electron chi connectivity index (χ0n) is 11.1. The molecule has 0 spiro atoms. The number of nitrogens with zero attached hydrogens (tertiary/aromatic N) is 4. The van der Waals surface area contributed by atoms with Crippen LogP contribution in [-0.2, 0) is 0 Å². The van der Waals surface area contributed by atoms with Gasteiger partial charge in [-0.3, -0.25) is 0 Å². The van der Waals surface area contributed by atoms with Crippen molar-refractivity contribution in [2.24, 2.45) is 0 Å². The molecular weight excluding hydrogens is 262 g/mol. The number of imidazole rings is 1. The van der Waals surface area contributed by atoms with Crippen molar-refractivity contribution in [2.45, 2.75) is 45.1 Å². The first kappa shape index (κ1) is 12.7. The Morgan fingerprint density at radius 2 is 2.16 bits per heavy atom. The number of aromatic nitrogens is 4. The second kappa shape index (κ2) is 5.33. The van der Waals surface area contributed by atoms with Crippen molar-refractivity contribution in [3.05, 3.63) is 11.6 Å². The summed E-state index contributed by atoms with van der Waals surface area (Å²) in [6.07, 6.45) is 7.87. The molecule has 3 rings (SSSR count). The molecule has 0 saturated heterocycles. The van der Waals surface area contributed by atoms with Gasteiger partial charge in [0.05, 0.1) is 6.33 Å². The number of hydrogen-bond donors (Lipinski definition) is 1. The van der Waals surface area contributed by atoms with Gasteiger partial charge in [0.1, 0.15) is 0 Å². The van der Waals surface area contributed by atoms with E-state index in [1.165, 1.54) is 25.7 Å². The van der Waals surface area contributed by atoms with Crippen molar-refractivity contribution in [1.29, 1.82) is 0 Å². The highest BCUT2D eigenvalue weighted by molar-refractivity contribution is 6.28. The Kier molecular flexibility index (Phi) is 3.55. The van der Waals surface area contributed by atoms with Gasteiger partial charge < -0.3 is 9.88 Å². The van der Waals surface area contributed by atoms with E-state index >= 15 is 0 Å². The Morgan fingerprint density at radius 3 is 2.89 bits per heavy atom. The van der Waals surface area contributed by atoms with Gasteiger partial charge >= 0.3 is 0 Å². The first-order valence-electron chi connectivity index (χ1n) is 6.93. The van der Waals surface area contributed by atoms with Gasteiger partial charge in [0.15, 0.2) is 17.0 Å². The van der Waals surface area contributed by atoms with Crippen molar-refractivity contribution >= 4 is 28.6 Å². The molecular formula is C13H18ClN5. The maximum Gasteiger partial charge on any atom is 0.226 e. The van der Waals surface area contributed by atoms with Gasteiger partial charge in [-0.25, -0.2) is 4.98 Å². The molecule has 6 heteroatoms. The fraction of sp³-hybridized carbons (Fsp3) is 0.615. The van der Waals surface area contributed by atoms with Crippen LogP contribution in [0.1, 0.15) is 45.1 Å². The summed E-state index contributed by atoms with van der Waals surface area (Å²) >= 11 is 6.04. The zero-order valence-corrected chi connectivity index (χ0v) is 11.8. The summed E-state index contributed by atoms with van der Waals surface area (Å²) in [4.78, 5) is 13.1. The number of halogens is 1. The Hall–Kier alpha value is -1.36. The standard InChI is InChI=1S/C13H18ClN5/c1-2-7-15-11-10-12(18-13(14)17-11)19(8-16-10)9-5-3-4-6-9/h8-9H,2-7H2,1H3,(H,15,17,18). The minimum atomic E-state index is 0.283. The first-order valence-corrected chi connectivity index (χ1v) is 7.31. The van der Waals surface area contributed by atoms with Crippen LogP contribution in [0.4, 0.5) is 5.82 Å². The summed E-state index contributed by atoms with van der Waals surface area (Å²) in [5.41, 5.74) is 1.68. The van der Waals surface area contributed by atoms with Crippen molar-refractivity contribution in [2.75, 3.05) is 11.9 Å². The summed E-state index contributed by atoms with van der Waals surface area (Å²) in [7, 11) is 0. The molecule has 1 aliphatic rings. The Balaban J connectivity index is 2.04. The van der Waals surface area contributed by atoms with Crippen molar-refractivity contribution in [3.63, 3.8) is 0 Å². The van der Waals surface area contributed by atoms with Crippen molar-refractivity contribution in [1.82, 2.24) is 19.5 Å². The van der Waals surface area contributed by atoms with E-state index in [1.54, 1.807) is 0 Å². The van der Waals surface area contributed by atoms with Gasteiger partial charge in [0.25, 0.3) is 0 Å². The highest BCUT2D eigenvalue weighted by atomic mass is 35.5. The third-order valence-electron chi connectivity index (χ3n) is 3.65. The molecule has 102 valence electrons. The quantitative estimate of drug-likeness (QED) is 0.872. The van der Waals surface area contributed by atoms with E-state index < -0.39 is 0 Å². The average Bonchev–Trinajstić information content (AvgIpc) is 3.03. The second-order valence-electron chi connectivity index (χ2n) is 5.03. The maximum atomic E-state index is 6.04. The van der Waals surface area contributed by atoms with Gasteiger partial charge in [-0.2, -0.15) is 9.97 Å². The van der Waals surface area contributed by atoms with Crippen LogP contribution in [-0.4, -0.2) is 26.1 Å². The molecule has 2 aromatic rings. The molecule has 0 bridgehead atoms. The number of hydrogen-bond acceptors (Lipinski definition) is 4. The van der Waals surface area contributed by atoms with E-state index in [0.717, 1.165) is 29.9 Å². The van der Waals surface area contributed by atoms with E-state index in [9.17, 15) is 0 Å². The van der Waals surface area contributed by atoms with Gasteiger partial charge in [-0.05, 0) is 30.9 Å². The molecule has 1 aliphatic carbocycles. The lowest BCUT2D eigenvalue weighted by Crippen LogP contribution is -2.06. The molecule has 1 saturated carbocycles. The lowest BCUT2D eigenvalue weighted by Gasteiger charge is -2.12. The minimum absolute atomic E-state index is 0.283. The number of rotatable bonds is 4. The molecule has 0 aliphatic heterocycles. The molecule has 0 atom stereocenters. The highest BCUT2D eigenvalue weighted by Crippen LogP contribution is 2.32. The third kappa shape index (κ3) is 2.39. The first-order chi connectivity index (χ1) is 9.29. The normalized spacial score (nSPS) is 16.3. The van der Waals surface area contributed by atoms with Gasteiger partial charge in [-0.1, -0.05) is 19.8 Å². The Labute approximate surface area is 117 Å². The van der Waals surface area contributed by atoms with E-state index in [-0.39, 0.29) is 5.28 Å². The van der Waals surface area contributed by atoms with Crippen LogP contribution in [0, 0.1) is 0 Å². The Morgan fingerprint density at radius 1 is 1.37 bits per heavy atom. The van der Waals surface area contributed by atoms with E-state index in [4.69, 9.17) is 11.6 Å². The molecule has 0 amide bonds. The molecule has 1 fully saturated rings. The van der Waals surface area contributed by atoms with Crippen molar-refractivity contribution < 1.29 is 0 Å². The van der Waals surface area contributed by atoms with Crippen LogP contribution in [0.25, 0.3) is 11.2 Å². The SMILES string of the molecule is CCCNc1nc(Cl)nc2c1ncn2C1CCCC1. The van der Waals surface area contributed by atoms with Gasteiger partial charge in [0.2, 0.25) is 5.28 Å². The smallest absolute Gasteiger partial charge is 0.226 e. The Bertz CT molecular complexity index is 574. The van der Waals surface area contributed by atoms with Crippen LogP contribution in [0.2, 0.25) is 5.28 Å². The molecule has 19 heavy (non-hydrogen) atoms. The molecule has 0 radical (unpaired) electrons. The van der Waals surface area contributed by atoms with Crippen LogP contribution in [0.3, 0.4) is 0 Å². The number of anilines is 1. The van der Waals surface area contributed by atoms with E-state index in [0.29, 0.717) is 6.04 Å². The second-order valence-corrected chi connectivity index (χ2v) is 5.37. The minimum Gasteiger partial charge on any atom is -0.368 e. The summed E-state index contributed by atoms with van der Waals surface area (Å²) in [6, 6.07) is 0.509. The number of fused-ring (bicyclic) bond motifs is 1. The highest BCUT2D eigenvalue weighted by Gasteiger charge is 2.21. The lowest BCUT2D eigenvalue weighted by molar-refractivity contribution is 0.529. The van der Waals surface area contributed by atoms with Crippen LogP contribution >= 0.6 is 11.6 Å². The van der Waals surface area contributed by atoms with E-state index in [2.05, 4.69) is 31.8 Å². The summed E-state index contributed by atoms with van der Waals surface area (Å²) in [5.74, 6) is 0.744. The van der Waals surface area contributed by atoms with Crippen molar-refractivity contribution in [3.8, 4) is 0 Å². The largest absolute Gasteiger partial charge is 0.368 e. The predicted molar refractivity (Wildman–Crippen MR) is 76.6 cm³/mol. The molecule has 0 unspecified atom stereocenters.